The molecular formula is C13H13NOP+. The summed E-state index contributed by atoms with van der Waals surface area (Å²) in [5.41, 5.74) is 2.03. The monoisotopic (exact) mass is 230 g/mol. The van der Waals surface area contributed by atoms with E-state index in [1.165, 1.54) is 0 Å². The minimum absolute atomic E-state index is 0.561. The number of hydrogen-bond acceptors (Lipinski definition) is 2. The van der Waals surface area contributed by atoms with Crippen molar-refractivity contribution in [3.8, 4) is 0 Å². The zero-order valence-corrected chi connectivity index (χ0v) is 9.81. The number of benzene rings is 1. The maximum Gasteiger partial charge on any atom is 0.349 e. The van der Waals surface area contributed by atoms with Crippen molar-refractivity contribution in [1.29, 1.82) is 0 Å². The first-order valence-electron chi connectivity index (χ1n) is 5.20. The maximum absolute atomic E-state index is 11.9. The molecule has 1 unspecified atom stereocenters. The van der Waals surface area contributed by atoms with Gasteiger partial charge in [-0.2, -0.15) is 0 Å². The van der Waals surface area contributed by atoms with E-state index in [1.807, 2.05) is 48.5 Å². The van der Waals surface area contributed by atoms with E-state index in [2.05, 4.69) is 4.98 Å². The lowest BCUT2D eigenvalue weighted by Crippen LogP contribution is -1.86. The average molecular weight is 230 g/mol. The second-order valence-electron chi connectivity index (χ2n) is 3.60. The fourth-order valence-corrected chi connectivity index (χ4v) is 2.79. The van der Waals surface area contributed by atoms with Gasteiger partial charge < -0.3 is 0 Å². The van der Waals surface area contributed by atoms with E-state index in [-0.39, 0.29) is 0 Å². The Balaban J connectivity index is 1.95. The Kier molecular flexibility index (Phi) is 3.79. The molecule has 0 aliphatic carbocycles. The van der Waals surface area contributed by atoms with Crippen molar-refractivity contribution in [3.63, 3.8) is 0 Å². The second-order valence-corrected chi connectivity index (χ2v) is 5.20. The Morgan fingerprint density at radius 1 is 0.938 bits per heavy atom. The van der Waals surface area contributed by atoms with Crippen LogP contribution in [0.1, 0.15) is 11.3 Å². The van der Waals surface area contributed by atoms with Crippen LogP contribution in [0.5, 0.6) is 0 Å². The van der Waals surface area contributed by atoms with Crippen LogP contribution in [0.2, 0.25) is 0 Å². The van der Waals surface area contributed by atoms with Crippen LogP contribution >= 0.6 is 7.80 Å². The molecule has 0 saturated heterocycles. The molecule has 1 atom stereocenters. The van der Waals surface area contributed by atoms with Crippen molar-refractivity contribution < 1.29 is 4.57 Å². The van der Waals surface area contributed by atoms with Crippen LogP contribution < -0.4 is 0 Å². The summed E-state index contributed by atoms with van der Waals surface area (Å²) in [6.45, 7) is 0. The summed E-state index contributed by atoms with van der Waals surface area (Å²) in [4.78, 5) is 4.18. The van der Waals surface area contributed by atoms with Gasteiger partial charge in [0.2, 0.25) is 0 Å². The molecule has 0 amide bonds. The number of rotatable bonds is 4. The molecule has 0 spiro atoms. The minimum atomic E-state index is -1.25. The van der Waals surface area contributed by atoms with Crippen molar-refractivity contribution in [2.24, 2.45) is 0 Å². The molecular weight excluding hydrogens is 217 g/mol. The zero-order valence-electron chi connectivity index (χ0n) is 8.91. The van der Waals surface area contributed by atoms with Crippen LogP contribution in [0.25, 0.3) is 0 Å². The fraction of sp³-hybridized carbons (Fsp3) is 0.154. The van der Waals surface area contributed by atoms with Gasteiger partial charge in [-0.15, -0.1) is 0 Å². The molecule has 1 aromatic heterocycles. The number of aromatic nitrogens is 1. The summed E-state index contributed by atoms with van der Waals surface area (Å²) in [5, 5.41) is 0. The summed E-state index contributed by atoms with van der Waals surface area (Å²) in [5.74, 6) is 0. The highest BCUT2D eigenvalue weighted by atomic mass is 31.1. The molecule has 80 valence electrons. The highest BCUT2D eigenvalue weighted by molar-refractivity contribution is 7.42. The highest BCUT2D eigenvalue weighted by Crippen LogP contribution is 2.30. The lowest BCUT2D eigenvalue weighted by molar-refractivity contribution is 0.586. The van der Waals surface area contributed by atoms with Crippen molar-refractivity contribution in [2.75, 3.05) is 0 Å². The van der Waals surface area contributed by atoms with Gasteiger partial charge >= 0.3 is 7.80 Å². The normalized spacial score (nSPS) is 11.1. The molecule has 0 aliphatic rings. The van der Waals surface area contributed by atoms with Crippen LogP contribution in [-0.2, 0) is 16.9 Å². The number of hydrogen-bond donors (Lipinski definition) is 0. The number of nitrogens with zero attached hydrogens (tertiary/aromatic N) is 1. The van der Waals surface area contributed by atoms with Crippen LogP contribution in [0.4, 0.5) is 0 Å². The molecule has 2 nitrogen and oxygen atoms in total. The summed E-state index contributed by atoms with van der Waals surface area (Å²) in [7, 11) is -1.25. The van der Waals surface area contributed by atoms with E-state index >= 15 is 0 Å². The molecule has 3 heteroatoms. The first-order valence-corrected chi connectivity index (χ1v) is 6.83. The fourth-order valence-electron chi connectivity index (χ4n) is 1.52. The van der Waals surface area contributed by atoms with Crippen LogP contribution in [0, 0.1) is 0 Å². The largest absolute Gasteiger partial charge is 0.349 e. The van der Waals surface area contributed by atoms with Gasteiger partial charge in [0.05, 0.1) is 5.69 Å². The van der Waals surface area contributed by atoms with Gasteiger partial charge in [-0.05, 0) is 17.7 Å². The molecule has 16 heavy (non-hydrogen) atoms. The lowest BCUT2D eigenvalue weighted by atomic mass is 10.2. The van der Waals surface area contributed by atoms with E-state index in [1.54, 1.807) is 6.20 Å². The van der Waals surface area contributed by atoms with Gasteiger partial charge in [-0.3, -0.25) is 4.98 Å². The molecule has 2 rings (SSSR count). The molecule has 0 saturated carbocycles. The van der Waals surface area contributed by atoms with E-state index in [0.717, 1.165) is 11.3 Å². The minimum Gasteiger partial charge on any atom is -0.257 e. The van der Waals surface area contributed by atoms with Gasteiger partial charge in [0.15, 0.2) is 12.3 Å². The van der Waals surface area contributed by atoms with E-state index in [9.17, 15) is 4.57 Å². The topological polar surface area (TPSA) is 30.0 Å². The third-order valence-corrected chi connectivity index (χ3v) is 3.66. The van der Waals surface area contributed by atoms with Gasteiger partial charge in [0.1, 0.15) is 0 Å². The highest BCUT2D eigenvalue weighted by Gasteiger charge is 2.17. The molecule has 0 aliphatic heterocycles. The Labute approximate surface area is 96.1 Å². The Morgan fingerprint density at radius 2 is 1.69 bits per heavy atom. The second kappa shape index (κ2) is 5.53. The molecule has 0 fully saturated rings. The Hall–Kier alpha value is -1.53. The number of pyridine rings is 1. The summed E-state index contributed by atoms with van der Waals surface area (Å²) in [6.07, 6.45) is 2.93. The summed E-state index contributed by atoms with van der Waals surface area (Å²) in [6, 6.07) is 15.6. The van der Waals surface area contributed by atoms with Crippen LogP contribution in [0.3, 0.4) is 0 Å². The quantitative estimate of drug-likeness (QED) is 0.751. The van der Waals surface area contributed by atoms with E-state index in [0.29, 0.717) is 12.3 Å². The summed E-state index contributed by atoms with van der Waals surface area (Å²) >= 11 is 0. The first-order chi connectivity index (χ1) is 7.84. The van der Waals surface area contributed by atoms with Crippen LogP contribution in [0.15, 0.2) is 54.7 Å². The first kappa shape index (κ1) is 11.0. The third kappa shape index (κ3) is 3.25. The van der Waals surface area contributed by atoms with Crippen molar-refractivity contribution in [2.45, 2.75) is 12.3 Å². The summed E-state index contributed by atoms with van der Waals surface area (Å²) < 4.78 is 11.9. The van der Waals surface area contributed by atoms with Gasteiger partial charge in [0.25, 0.3) is 0 Å². The Bertz CT molecular complexity index is 412. The van der Waals surface area contributed by atoms with Gasteiger partial charge in [-0.25, -0.2) is 0 Å². The zero-order chi connectivity index (χ0) is 11.2. The standard InChI is InChI=1S/C13H13NOP/c15-16(10-12-6-2-1-3-7-12)11-13-8-4-5-9-14-13/h1-9H,10-11H2/q+1. The molecule has 0 N–H and O–H groups in total. The maximum atomic E-state index is 11.9. The predicted octanol–water partition coefficient (Wildman–Crippen LogP) is 3.61. The van der Waals surface area contributed by atoms with E-state index < -0.39 is 7.80 Å². The van der Waals surface area contributed by atoms with Crippen molar-refractivity contribution in [1.82, 2.24) is 4.98 Å². The van der Waals surface area contributed by atoms with Crippen molar-refractivity contribution >= 4 is 7.80 Å². The smallest absolute Gasteiger partial charge is 0.257 e. The molecule has 0 radical (unpaired) electrons. The van der Waals surface area contributed by atoms with Gasteiger partial charge in [0, 0.05) is 6.20 Å². The molecule has 2 aromatic rings. The van der Waals surface area contributed by atoms with Gasteiger partial charge in [-0.1, -0.05) is 41.0 Å². The van der Waals surface area contributed by atoms with Crippen LogP contribution in [-0.4, -0.2) is 4.98 Å². The lowest BCUT2D eigenvalue weighted by Gasteiger charge is -1.92. The molecule has 1 aromatic carbocycles. The Morgan fingerprint density at radius 3 is 2.38 bits per heavy atom. The third-order valence-electron chi connectivity index (χ3n) is 2.27. The van der Waals surface area contributed by atoms with Crippen molar-refractivity contribution in [3.05, 3.63) is 66.0 Å². The molecule has 0 bridgehead atoms. The average Bonchev–Trinajstić information content (AvgIpc) is 2.31. The molecule has 1 heterocycles. The van der Waals surface area contributed by atoms with E-state index in [4.69, 9.17) is 0 Å². The predicted molar refractivity (Wildman–Crippen MR) is 65.7 cm³/mol. The SMILES string of the molecule is O=[P+](Cc1ccccc1)Cc1ccccn1.